The number of amides is 2. The number of β-lactam (4-membered cyclic amide) rings is 1. The minimum atomic E-state index is -5.08. The number of alkyl halides is 3. The molecule has 2 aromatic heterocycles. The Bertz CT molecular complexity index is 1510. The number of aromatic nitrogens is 2. The van der Waals surface area contributed by atoms with E-state index in [1.165, 1.54) is 23.5 Å². The molecule has 0 spiro atoms. The minimum absolute atomic E-state index is 0.0451. The first-order valence-corrected chi connectivity index (χ1v) is 16.0. The number of carboxylic acids is 2. The zero-order valence-electron chi connectivity index (χ0n) is 21.8. The van der Waals surface area contributed by atoms with E-state index in [-0.39, 0.29) is 20.9 Å². The van der Waals surface area contributed by atoms with Crippen LogP contribution in [-0.2, 0) is 24.9 Å². The number of thioether (sulfide) groups is 3. The van der Waals surface area contributed by atoms with Crippen molar-refractivity contribution in [1.82, 2.24) is 20.2 Å². The number of oxime groups is 1. The highest BCUT2D eigenvalue weighted by Gasteiger charge is 2.54. The number of anilines is 1. The van der Waals surface area contributed by atoms with Crippen LogP contribution in [-0.4, -0.2) is 95.4 Å². The van der Waals surface area contributed by atoms with Crippen LogP contribution in [0.1, 0.15) is 11.3 Å². The van der Waals surface area contributed by atoms with Crippen LogP contribution in [0.5, 0.6) is 0 Å². The average molecular weight is 716 g/mol. The van der Waals surface area contributed by atoms with Gasteiger partial charge < -0.3 is 32.2 Å². The third-order valence-corrected chi connectivity index (χ3v) is 10.2. The van der Waals surface area contributed by atoms with Gasteiger partial charge in [0.05, 0.1) is 0 Å². The quantitative estimate of drug-likeness (QED) is 0.0681. The summed E-state index contributed by atoms with van der Waals surface area (Å²) in [6.45, 7) is 0.547. The summed E-state index contributed by atoms with van der Waals surface area (Å²) in [6.07, 6.45) is -1.73. The number of halogens is 4. The fourth-order valence-electron chi connectivity index (χ4n) is 3.56. The van der Waals surface area contributed by atoms with Crippen molar-refractivity contribution in [3.05, 3.63) is 44.7 Å². The number of thiazole rings is 1. The molecule has 22 heteroatoms. The standard InChI is InChI=1S/C20H20ClN7O5S4.C2HF3O2/c21-15-11(26-20(23)37-15)12(27-33)16(29)25-13-17(30)28-14(19(31)32)10(7-35-18(13)28)36-9-1-3-24-5-8(9)6-34-4-2-22;3-2(4,5)1(6)7/h1,3,5,13,18,33H,2,4,6-7,22H2,(H2,23,26)(H,25,29)(H,31,32);(H,6,7)/b27-12-;/t13-,18-;/m1./s1. The first-order chi connectivity index (χ1) is 20.7. The molecule has 2 aliphatic rings. The van der Waals surface area contributed by atoms with Crippen molar-refractivity contribution in [2.45, 2.75) is 28.2 Å². The van der Waals surface area contributed by atoms with Gasteiger partial charge in [-0.05, 0) is 11.6 Å². The first-order valence-electron chi connectivity index (χ1n) is 11.8. The lowest BCUT2D eigenvalue weighted by molar-refractivity contribution is -0.192. The summed E-state index contributed by atoms with van der Waals surface area (Å²) in [4.78, 5) is 57.4. The molecule has 0 bridgehead atoms. The molecule has 238 valence electrons. The topological polar surface area (TPSA) is 234 Å². The Morgan fingerprint density at radius 1 is 1.30 bits per heavy atom. The highest BCUT2D eigenvalue weighted by atomic mass is 35.5. The third-order valence-electron chi connectivity index (χ3n) is 5.42. The Morgan fingerprint density at radius 2 is 1.98 bits per heavy atom. The fraction of sp³-hybridized carbons (Fsp3) is 0.318. The molecule has 2 atom stereocenters. The summed E-state index contributed by atoms with van der Waals surface area (Å²) >= 11 is 11.1. The van der Waals surface area contributed by atoms with E-state index in [1.807, 2.05) is 0 Å². The normalized spacial score (nSPS) is 18.2. The van der Waals surface area contributed by atoms with Gasteiger partial charge in [-0.1, -0.05) is 39.9 Å². The van der Waals surface area contributed by atoms with Crippen molar-refractivity contribution in [3.8, 4) is 0 Å². The molecule has 1 saturated heterocycles. The molecule has 4 rings (SSSR count). The predicted molar refractivity (Wildman–Crippen MR) is 159 cm³/mol. The van der Waals surface area contributed by atoms with E-state index >= 15 is 0 Å². The van der Waals surface area contributed by atoms with Gasteiger partial charge in [-0.3, -0.25) is 19.5 Å². The number of carbonyl (C=O) groups is 4. The number of nitrogen functional groups attached to an aromatic ring is 1. The molecule has 2 amide bonds. The first kappa shape index (κ1) is 35.2. The number of aliphatic carboxylic acids is 2. The number of carbonyl (C=O) groups excluding carboxylic acids is 2. The largest absolute Gasteiger partial charge is 0.490 e. The van der Waals surface area contributed by atoms with Gasteiger partial charge in [-0.15, -0.1) is 11.8 Å². The molecule has 14 nitrogen and oxygen atoms in total. The second-order valence-corrected chi connectivity index (χ2v) is 13.3. The van der Waals surface area contributed by atoms with Gasteiger partial charge >= 0.3 is 18.1 Å². The number of pyridine rings is 1. The summed E-state index contributed by atoms with van der Waals surface area (Å²) in [5, 5.41) is 31.3. The van der Waals surface area contributed by atoms with E-state index < -0.39 is 47.1 Å². The molecule has 0 unspecified atom stereocenters. The molecule has 44 heavy (non-hydrogen) atoms. The summed E-state index contributed by atoms with van der Waals surface area (Å²) < 4.78 is 31.8. The second kappa shape index (κ2) is 15.2. The lowest BCUT2D eigenvalue weighted by atomic mass is 10.0. The van der Waals surface area contributed by atoms with Gasteiger partial charge in [0, 0.05) is 46.0 Å². The highest BCUT2D eigenvalue weighted by molar-refractivity contribution is 8.06. The molecule has 0 aliphatic carbocycles. The summed E-state index contributed by atoms with van der Waals surface area (Å²) in [5.41, 5.74) is 11.3. The molecule has 1 fully saturated rings. The van der Waals surface area contributed by atoms with Crippen LogP contribution in [0.2, 0.25) is 4.34 Å². The maximum Gasteiger partial charge on any atom is 0.490 e. The van der Waals surface area contributed by atoms with Crippen molar-refractivity contribution in [3.63, 3.8) is 0 Å². The Labute approximate surface area is 267 Å². The third kappa shape index (κ3) is 8.27. The van der Waals surface area contributed by atoms with Crippen LogP contribution in [0.3, 0.4) is 0 Å². The van der Waals surface area contributed by atoms with Gasteiger partial charge in [0.15, 0.2) is 10.8 Å². The number of hydrogen-bond acceptors (Lipinski definition) is 14. The summed E-state index contributed by atoms with van der Waals surface area (Å²) in [6, 6.07) is 0.772. The molecule has 2 aromatic rings. The monoisotopic (exact) mass is 715 g/mol. The number of carboxylic acid groups (broad SMARTS) is 2. The van der Waals surface area contributed by atoms with Crippen molar-refractivity contribution < 1.29 is 47.8 Å². The number of nitrogens with two attached hydrogens (primary N) is 2. The highest BCUT2D eigenvalue weighted by Crippen LogP contribution is 2.46. The average Bonchev–Trinajstić information content (AvgIpc) is 3.29. The molecule has 0 saturated carbocycles. The van der Waals surface area contributed by atoms with Gasteiger partial charge in [0.25, 0.3) is 11.8 Å². The molecule has 4 heterocycles. The Hall–Kier alpha value is -3.24. The van der Waals surface area contributed by atoms with E-state index in [9.17, 15) is 37.9 Å². The van der Waals surface area contributed by atoms with Gasteiger partial charge in [0.2, 0.25) is 0 Å². The van der Waals surface area contributed by atoms with Crippen LogP contribution in [0, 0.1) is 0 Å². The zero-order valence-corrected chi connectivity index (χ0v) is 25.8. The predicted octanol–water partition coefficient (Wildman–Crippen LogP) is 2.27. The van der Waals surface area contributed by atoms with Crippen molar-refractivity contribution in [1.29, 1.82) is 0 Å². The summed E-state index contributed by atoms with van der Waals surface area (Å²) in [5.74, 6) is -3.76. The van der Waals surface area contributed by atoms with Gasteiger partial charge in [0.1, 0.15) is 27.1 Å². The number of nitrogens with one attached hydrogen (secondary N) is 1. The second-order valence-electron chi connectivity index (χ2n) is 8.29. The zero-order chi connectivity index (χ0) is 32.8. The van der Waals surface area contributed by atoms with E-state index in [0.717, 1.165) is 32.4 Å². The van der Waals surface area contributed by atoms with Crippen molar-refractivity contribution in [2.24, 2.45) is 10.9 Å². The van der Waals surface area contributed by atoms with E-state index in [4.69, 9.17) is 33.0 Å². The Kier molecular flexibility index (Phi) is 12.1. The maximum absolute atomic E-state index is 13.0. The SMILES string of the molecule is NCCSCc1cnccc1SC1=C(C(=O)O)N2C(=O)[C@@H](NC(=O)/C(=N\O)c3nc(N)sc3Cl)[C@H]2SC1.O=C(O)C(F)(F)F. The molecule has 0 aromatic carbocycles. The summed E-state index contributed by atoms with van der Waals surface area (Å²) in [7, 11) is 0. The molecular formula is C22H21ClF3N7O7S4. The van der Waals surface area contributed by atoms with E-state index in [1.54, 1.807) is 30.2 Å². The van der Waals surface area contributed by atoms with Crippen LogP contribution in [0.4, 0.5) is 18.3 Å². The fourth-order valence-corrected chi connectivity index (χ4v) is 7.91. The van der Waals surface area contributed by atoms with E-state index in [2.05, 4.69) is 20.4 Å². The molecule has 2 aliphatic heterocycles. The minimum Gasteiger partial charge on any atom is -0.477 e. The van der Waals surface area contributed by atoms with Crippen LogP contribution in [0.15, 0.2) is 39.1 Å². The smallest absolute Gasteiger partial charge is 0.477 e. The van der Waals surface area contributed by atoms with Gasteiger partial charge in [-0.2, -0.15) is 24.9 Å². The van der Waals surface area contributed by atoms with Crippen LogP contribution in [0.25, 0.3) is 0 Å². The number of hydrogen-bond donors (Lipinski definition) is 6. The molecular weight excluding hydrogens is 695 g/mol. The van der Waals surface area contributed by atoms with E-state index in [0.29, 0.717) is 23.0 Å². The molecule has 0 radical (unpaired) electrons. The van der Waals surface area contributed by atoms with Gasteiger partial charge in [-0.25, -0.2) is 14.6 Å². The molecule has 8 N–H and O–H groups in total. The lowest BCUT2D eigenvalue weighted by Crippen LogP contribution is -2.71. The van der Waals surface area contributed by atoms with Crippen molar-refractivity contribution >= 4 is 92.8 Å². The maximum atomic E-state index is 13.0. The van der Waals surface area contributed by atoms with Crippen molar-refractivity contribution in [2.75, 3.05) is 23.8 Å². The Morgan fingerprint density at radius 3 is 2.52 bits per heavy atom. The number of nitrogens with zero attached hydrogens (tertiary/aromatic N) is 4. The van der Waals surface area contributed by atoms with Crippen LogP contribution >= 0.6 is 58.2 Å². The Balaban J connectivity index is 0.000000676. The number of fused-ring (bicyclic) bond motifs is 1. The van der Waals surface area contributed by atoms with Crippen LogP contribution < -0.4 is 16.8 Å². The lowest BCUT2D eigenvalue weighted by Gasteiger charge is -2.49. The number of rotatable bonds is 10.